The van der Waals surface area contributed by atoms with Crippen molar-refractivity contribution < 1.29 is 4.58 Å². The van der Waals surface area contributed by atoms with E-state index in [2.05, 4.69) is 60.8 Å². The third kappa shape index (κ3) is 1.95. The Bertz CT molecular complexity index is 632. The average Bonchev–Trinajstić information content (AvgIpc) is 2.81. The second kappa shape index (κ2) is 5.09. The Morgan fingerprint density at radius 3 is 2.86 bits per heavy atom. The molecule has 22 heavy (non-hydrogen) atoms. The predicted molar refractivity (Wildman–Crippen MR) is 91.9 cm³/mol. The monoisotopic (exact) mass is 298 g/mol. The van der Waals surface area contributed by atoms with Gasteiger partial charge in [0.2, 0.25) is 6.04 Å². The van der Waals surface area contributed by atoms with E-state index in [0.29, 0.717) is 24.3 Å². The smallest absolute Gasteiger partial charge is 0.213 e. The lowest BCUT2D eigenvalue weighted by Crippen LogP contribution is -2.61. The molecule has 1 aliphatic carbocycles. The van der Waals surface area contributed by atoms with Crippen LogP contribution in [-0.4, -0.2) is 35.6 Å². The lowest BCUT2D eigenvalue weighted by atomic mass is 9.89. The standard InChI is InChI=1S/C19H28N3/c1-12(2)22-16-10-9-13(3)11-14(16)18-19(22)20-15-7-5-6-8-17(15)21(18)4/h9-12,15,18-20H,5-8H2,1-4H3/q+1. The van der Waals surface area contributed by atoms with Gasteiger partial charge in [-0.15, -0.1) is 0 Å². The number of rotatable bonds is 1. The summed E-state index contributed by atoms with van der Waals surface area (Å²) in [5.74, 6) is 0. The van der Waals surface area contributed by atoms with E-state index in [0.717, 1.165) is 0 Å². The Balaban J connectivity index is 1.86. The van der Waals surface area contributed by atoms with E-state index >= 15 is 0 Å². The van der Waals surface area contributed by atoms with Gasteiger partial charge in [-0.25, -0.2) is 4.58 Å². The minimum absolute atomic E-state index is 0.411. The fourth-order valence-corrected chi connectivity index (χ4v) is 4.79. The highest BCUT2D eigenvalue weighted by Gasteiger charge is 2.51. The van der Waals surface area contributed by atoms with Gasteiger partial charge in [-0.2, -0.15) is 0 Å². The lowest BCUT2D eigenvalue weighted by Gasteiger charge is -2.39. The number of nitrogens with one attached hydrogen (secondary N) is 1. The van der Waals surface area contributed by atoms with Crippen molar-refractivity contribution in [3.63, 3.8) is 0 Å². The molecule has 3 heteroatoms. The van der Waals surface area contributed by atoms with Gasteiger partial charge < -0.3 is 4.90 Å². The van der Waals surface area contributed by atoms with E-state index in [1.54, 1.807) is 5.71 Å². The Labute approximate surface area is 134 Å². The summed E-state index contributed by atoms with van der Waals surface area (Å²) in [7, 11) is 2.32. The Kier molecular flexibility index (Phi) is 3.30. The first kappa shape index (κ1) is 14.3. The summed E-state index contributed by atoms with van der Waals surface area (Å²) >= 11 is 0. The van der Waals surface area contributed by atoms with Crippen molar-refractivity contribution in [2.45, 2.75) is 70.7 Å². The van der Waals surface area contributed by atoms with Crippen LogP contribution in [-0.2, 0) is 0 Å². The molecule has 1 fully saturated rings. The first-order chi connectivity index (χ1) is 10.6. The molecule has 1 aromatic rings. The number of anilines is 1. The maximum absolute atomic E-state index is 3.99. The molecule has 1 aromatic carbocycles. The largest absolute Gasteiger partial charge is 0.347 e. The van der Waals surface area contributed by atoms with Crippen LogP contribution in [0.25, 0.3) is 0 Å². The van der Waals surface area contributed by atoms with Gasteiger partial charge in [0.25, 0.3) is 0 Å². The van der Waals surface area contributed by atoms with Crippen LogP contribution >= 0.6 is 0 Å². The molecule has 3 atom stereocenters. The maximum atomic E-state index is 3.99. The van der Waals surface area contributed by atoms with Crippen molar-refractivity contribution in [1.82, 2.24) is 5.32 Å². The van der Waals surface area contributed by atoms with Gasteiger partial charge in [0.1, 0.15) is 13.2 Å². The van der Waals surface area contributed by atoms with Gasteiger partial charge in [-0.05, 0) is 45.7 Å². The molecule has 0 aromatic heterocycles. The van der Waals surface area contributed by atoms with Crippen LogP contribution in [0, 0.1) is 6.92 Å². The molecule has 0 spiro atoms. The molecular formula is C19H28N3+. The summed E-state index contributed by atoms with van der Waals surface area (Å²) in [6.07, 6.45) is 5.68. The van der Waals surface area contributed by atoms with Crippen molar-refractivity contribution in [2.24, 2.45) is 0 Å². The molecule has 1 N–H and O–H groups in total. The lowest BCUT2D eigenvalue weighted by molar-refractivity contribution is -0.555. The highest BCUT2D eigenvalue weighted by Crippen LogP contribution is 2.44. The van der Waals surface area contributed by atoms with Crippen LogP contribution in [0.4, 0.5) is 5.69 Å². The fourth-order valence-electron chi connectivity index (χ4n) is 4.79. The van der Waals surface area contributed by atoms with E-state index in [9.17, 15) is 0 Å². The Morgan fingerprint density at radius 1 is 1.27 bits per heavy atom. The second-order valence-corrected chi connectivity index (χ2v) is 7.52. The average molecular weight is 298 g/mol. The summed E-state index contributed by atoms with van der Waals surface area (Å²) in [6, 6.07) is 8.54. The fraction of sp³-hybridized carbons (Fsp3) is 0.632. The number of benzene rings is 1. The molecule has 0 saturated heterocycles. The van der Waals surface area contributed by atoms with E-state index in [1.165, 1.54) is 42.5 Å². The highest BCUT2D eigenvalue weighted by atomic mass is 15.4. The third-order valence-corrected chi connectivity index (χ3v) is 5.76. The zero-order valence-electron chi connectivity index (χ0n) is 14.3. The van der Waals surface area contributed by atoms with Gasteiger partial charge in [0, 0.05) is 23.7 Å². The van der Waals surface area contributed by atoms with Crippen LogP contribution in [0.15, 0.2) is 18.2 Å². The van der Waals surface area contributed by atoms with Crippen molar-refractivity contribution in [3.05, 3.63) is 29.3 Å². The molecule has 3 unspecified atom stereocenters. The summed E-state index contributed by atoms with van der Waals surface area (Å²) in [6.45, 7) is 6.84. The molecule has 0 radical (unpaired) electrons. The predicted octanol–water partition coefficient (Wildman–Crippen LogP) is 3.22. The number of fused-ring (bicyclic) bond motifs is 4. The summed E-state index contributed by atoms with van der Waals surface area (Å²) in [5.41, 5.74) is 5.93. The molecule has 2 aliphatic heterocycles. The molecule has 118 valence electrons. The Morgan fingerprint density at radius 2 is 2.09 bits per heavy atom. The molecule has 1 saturated carbocycles. The SMILES string of the molecule is Cc1ccc2c(c1)C1C(NC3CCCCC3=[N+]1C)N2C(C)C. The molecular weight excluding hydrogens is 270 g/mol. The van der Waals surface area contributed by atoms with Crippen molar-refractivity contribution in [2.75, 3.05) is 11.9 Å². The second-order valence-electron chi connectivity index (χ2n) is 7.52. The maximum Gasteiger partial charge on any atom is 0.213 e. The minimum Gasteiger partial charge on any atom is -0.347 e. The van der Waals surface area contributed by atoms with Crippen LogP contribution in [0.2, 0.25) is 0 Å². The Hall–Kier alpha value is -1.35. The number of likely N-dealkylation sites (N-methyl/N-ethyl adjacent to an activating group) is 1. The highest BCUT2D eigenvalue weighted by molar-refractivity contribution is 5.87. The van der Waals surface area contributed by atoms with Crippen LogP contribution in [0.5, 0.6) is 0 Å². The number of nitrogens with zero attached hydrogens (tertiary/aromatic N) is 2. The van der Waals surface area contributed by atoms with Gasteiger partial charge >= 0.3 is 0 Å². The van der Waals surface area contributed by atoms with E-state index in [4.69, 9.17) is 0 Å². The zero-order valence-corrected chi connectivity index (χ0v) is 14.3. The van der Waals surface area contributed by atoms with Gasteiger partial charge in [0.05, 0.1) is 6.04 Å². The van der Waals surface area contributed by atoms with Crippen LogP contribution in [0.1, 0.15) is 56.7 Å². The van der Waals surface area contributed by atoms with Gasteiger partial charge in [0.15, 0.2) is 5.71 Å². The van der Waals surface area contributed by atoms with Crippen LogP contribution in [0.3, 0.4) is 0 Å². The van der Waals surface area contributed by atoms with Crippen molar-refractivity contribution >= 4 is 11.4 Å². The zero-order chi connectivity index (χ0) is 15.4. The minimum atomic E-state index is 0.411. The topological polar surface area (TPSA) is 18.3 Å². The summed E-state index contributed by atoms with van der Waals surface area (Å²) in [4.78, 5) is 2.60. The normalized spacial score (nSPS) is 30.4. The van der Waals surface area contributed by atoms with Gasteiger partial charge in [-0.1, -0.05) is 18.1 Å². The summed E-state index contributed by atoms with van der Waals surface area (Å²) in [5, 5.41) is 3.99. The molecule has 0 amide bonds. The van der Waals surface area contributed by atoms with E-state index in [-0.39, 0.29) is 0 Å². The first-order valence-corrected chi connectivity index (χ1v) is 8.81. The summed E-state index contributed by atoms with van der Waals surface area (Å²) < 4.78 is 2.60. The number of aryl methyl sites for hydroxylation is 1. The molecule has 3 nitrogen and oxygen atoms in total. The molecule has 4 rings (SSSR count). The first-order valence-electron chi connectivity index (χ1n) is 8.81. The van der Waals surface area contributed by atoms with E-state index in [1.807, 2.05) is 0 Å². The molecule has 0 bridgehead atoms. The quantitative estimate of drug-likeness (QED) is 0.803. The number of hydrogen-bond acceptors (Lipinski definition) is 2. The van der Waals surface area contributed by atoms with Crippen molar-refractivity contribution in [3.8, 4) is 0 Å². The number of hydrogen-bond donors (Lipinski definition) is 1. The van der Waals surface area contributed by atoms with E-state index < -0.39 is 0 Å². The van der Waals surface area contributed by atoms with Gasteiger partial charge in [-0.3, -0.25) is 5.32 Å². The van der Waals surface area contributed by atoms with Crippen LogP contribution < -0.4 is 10.2 Å². The van der Waals surface area contributed by atoms with Crippen molar-refractivity contribution in [1.29, 1.82) is 0 Å². The molecule has 3 aliphatic rings. The third-order valence-electron chi connectivity index (χ3n) is 5.76. The molecule has 2 heterocycles.